The maximum Gasteiger partial charge on any atom is 0.321 e. The van der Waals surface area contributed by atoms with E-state index >= 15 is 0 Å². The van der Waals surface area contributed by atoms with Crippen molar-refractivity contribution in [1.82, 2.24) is 10.6 Å². The number of carbonyl (C=O) groups is 2. The molecule has 1 unspecified atom stereocenters. The number of phenols is 1. The quantitative estimate of drug-likeness (QED) is 0.665. The summed E-state index contributed by atoms with van der Waals surface area (Å²) < 4.78 is 0. The van der Waals surface area contributed by atoms with Crippen molar-refractivity contribution in [2.45, 2.75) is 19.4 Å². The summed E-state index contributed by atoms with van der Waals surface area (Å²) in [5.74, 6) is 0.221. The van der Waals surface area contributed by atoms with Gasteiger partial charge in [-0.15, -0.1) is 0 Å². The van der Waals surface area contributed by atoms with Crippen molar-refractivity contribution < 1.29 is 14.7 Å². The van der Waals surface area contributed by atoms with Crippen LogP contribution in [0.3, 0.4) is 0 Å². The maximum absolute atomic E-state index is 12.2. The van der Waals surface area contributed by atoms with Crippen molar-refractivity contribution in [3.63, 3.8) is 0 Å². The first kappa shape index (κ1) is 17.6. The molecule has 0 radical (unpaired) electrons. The average molecular weight is 354 g/mol. The molecule has 0 aromatic heterocycles. The molecule has 26 heavy (non-hydrogen) atoms. The minimum absolute atomic E-state index is 0.0768. The molecular formula is C19H22N4O3. The second-order valence-electron chi connectivity index (χ2n) is 6.30. The number of amides is 4. The van der Waals surface area contributed by atoms with Gasteiger partial charge in [-0.2, -0.15) is 0 Å². The third-order valence-electron chi connectivity index (χ3n) is 4.13. The van der Waals surface area contributed by atoms with Crippen molar-refractivity contribution in [3.8, 4) is 5.75 Å². The Balaban J connectivity index is 1.56. The number of rotatable bonds is 5. The molecule has 7 nitrogen and oxygen atoms in total. The van der Waals surface area contributed by atoms with Gasteiger partial charge in [0.15, 0.2) is 0 Å². The molecule has 7 heteroatoms. The highest BCUT2D eigenvalue weighted by atomic mass is 16.3. The monoisotopic (exact) mass is 354 g/mol. The number of benzene rings is 2. The number of phenolic OH excluding ortho intramolecular Hbond substituents is 1. The highest BCUT2D eigenvalue weighted by Gasteiger charge is 2.21. The highest BCUT2D eigenvalue weighted by molar-refractivity contribution is 5.95. The van der Waals surface area contributed by atoms with Gasteiger partial charge in [-0.25, -0.2) is 9.59 Å². The summed E-state index contributed by atoms with van der Waals surface area (Å²) in [7, 11) is 0. The van der Waals surface area contributed by atoms with Crippen LogP contribution in [0.1, 0.15) is 12.5 Å². The van der Waals surface area contributed by atoms with E-state index in [4.69, 9.17) is 0 Å². The lowest BCUT2D eigenvalue weighted by atomic mass is 10.1. The Hall–Kier alpha value is -3.22. The van der Waals surface area contributed by atoms with Gasteiger partial charge in [-0.1, -0.05) is 18.2 Å². The number of carbonyl (C=O) groups excluding carboxylic acids is 2. The Labute approximate surface area is 152 Å². The Bertz CT molecular complexity index is 792. The van der Waals surface area contributed by atoms with E-state index in [1.807, 2.05) is 25.1 Å². The van der Waals surface area contributed by atoms with Crippen molar-refractivity contribution in [1.29, 1.82) is 0 Å². The van der Waals surface area contributed by atoms with Crippen LogP contribution in [0.2, 0.25) is 0 Å². The zero-order valence-electron chi connectivity index (χ0n) is 14.5. The molecule has 0 bridgehead atoms. The topological polar surface area (TPSA) is 93.7 Å². The van der Waals surface area contributed by atoms with Crippen LogP contribution in [-0.2, 0) is 6.42 Å². The summed E-state index contributed by atoms with van der Waals surface area (Å²) in [5, 5.41) is 17.7. The third-order valence-corrected chi connectivity index (χ3v) is 4.13. The second kappa shape index (κ2) is 7.77. The molecule has 4 amide bonds. The highest BCUT2D eigenvalue weighted by Crippen LogP contribution is 2.21. The van der Waals surface area contributed by atoms with E-state index in [1.54, 1.807) is 35.2 Å². The van der Waals surface area contributed by atoms with Crippen LogP contribution < -0.4 is 20.9 Å². The fourth-order valence-electron chi connectivity index (χ4n) is 2.90. The first-order valence-electron chi connectivity index (χ1n) is 8.52. The second-order valence-corrected chi connectivity index (χ2v) is 6.30. The van der Waals surface area contributed by atoms with Crippen LogP contribution in [0.4, 0.5) is 21.0 Å². The minimum atomic E-state index is -0.306. The number of anilines is 2. The van der Waals surface area contributed by atoms with Crippen LogP contribution in [0.5, 0.6) is 5.75 Å². The van der Waals surface area contributed by atoms with Gasteiger partial charge in [0.05, 0.1) is 0 Å². The van der Waals surface area contributed by atoms with Crippen molar-refractivity contribution in [3.05, 3.63) is 54.1 Å². The van der Waals surface area contributed by atoms with Gasteiger partial charge in [0.1, 0.15) is 5.75 Å². The number of aromatic hydroxyl groups is 1. The maximum atomic E-state index is 12.2. The fraction of sp³-hybridized carbons (Fsp3) is 0.263. The summed E-state index contributed by atoms with van der Waals surface area (Å²) >= 11 is 0. The molecule has 136 valence electrons. The summed E-state index contributed by atoms with van der Waals surface area (Å²) in [6, 6.07) is 13.6. The molecule has 1 aliphatic rings. The lowest BCUT2D eigenvalue weighted by Crippen LogP contribution is -2.37. The Kier molecular flexibility index (Phi) is 5.26. The Morgan fingerprint density at radius 1 is 1.27 bits per heavy atom. The number of nitrogens with zero attached hydrogens (tertiary/aromatic N) is 1. The largest absolute Gasteiger partial charge is 0.508 e. The summed E-state index contributed by atoms with van der Waals surface area (Å²) in [6.07, 6.45) is 0.654. The number of hydrogen-bond acceptors (Lipinski definition) is 3. The summed E-state index contributed by atoms with van der Waals surface area (Å²) in [6.45, 7) is 3.14. The molecule has 3 rings (SSSR count). The summed E-state index contributed by atoms with van der Waals surface area (Å²) in [4.78, 5) is 25.6. The van der Waals surface area contributed by atoms with Crippen LogP contribution in [-0.4, -0.2) is 36.3 Å². The van der Waals surface area contributed by atoms with E-state index in [1.165, 1.54) is 0 Å². The van der Waals surface area contributed by atoms with Crippen LogP contribution in [0, 0.1) is 0 Å². The predicted molar refractivity (Wildman–Crippen MR) is 101 cm³/mol. The zero-order chi connectivity index (χ0) is 18.5. The molecular weight excluding hydrogens is 332 g/mol. The normalized spacial score (nSPS) is 14.7. The van der Waals surface area contributed by atoms with Gasteiger partial charge in [-0.3, -0.25) is 4.90 Å². The van der Waals surface area contributed by atoms with Gasteiger partial charge < -0.3 is 21.1 Å². The summed E-state index contributed by atoms with van der Waals surface area (Å²) in [5.41, 5.74) is 2.39. The molecule has 0 spiro atoms. The van der Waals surface area contributed by atoms with Gasteiger partial charge in [0.2, 0.25) is 0 Å². The Morgan fingerprint density at radius 3 is 2.73 bits per heavy atom. The molecule has 0 saturated carbocycles. The molecule has 1 saturated heterocycles. The van der Waals surface area contributed by atoms with Crippen molar-refractivity contribution in [2.24, 2.45) is 0 Å². The van der Waals surface area contributed by atoms with E-state index in [9.17, 15) is 14.7 Å². The third kappa shape index (κ3) is 4.44. The molecule has 1 atom stereocenters. The van der Waals surface area contributed by atoms with Gasteiger partial charge in [0, 0.05) is 30.5 Å². The molecule has 4 N–H and O–H groups in total. The fourth-order valence-corrected chi connectivity index (χ4v) is 2.90. The van der Waals surface area contributed by atoms with E-state index in [2.05, 4.69) is 16.0 Å². The number of nitrogens with one attached hydrogen (secondary N) is 3. The van der Waals surface area contributed by atoms with Crippen LogP contribution >= 0.6 is 0 Å². The lowest BCUT2D eigenvalue weighted by Gasteiger charge is -2.17. The van der Waals surface area contributed by atoms with Crippen LogP contribution in [0.25, 0.3) is 0 Å². The van der Waals surface area contributed by atoms with Crippen molar-refractivity contribution >= 4 is 23.4 Å². The average Bonchev–Trinajstić information content (AvgIpc) is 3.03. The van der Waals surface area contributed by atoms with Gasteiger partial charge >= 0.3 is 12.1 Å². The number of hydrogen-bond donors (Lipinski definition) is 4. The van der Waals surface area contributed by atoms with E-state index in [-0.39, 0.29) is 23.9 Å². The molecule has 0 aliphatic carbocycles. The molecule has 1 fully saturated rings. The molecule has 1 heterocycles. The number of urea groups is 2. The lowest BCUT2D eigenvalue weighted by molar-refractivity contribution is 0.249. The first-order chi connectivity index (χ1) is 12.5. The van der Waals surface area contributed by atoms with E-state index in [0.29, 0.717) is 25.2 Å². The standard InChI is InChI=1S/C19H22N4O3/c1-13(11-14-5-7-17(24)8-6-14)21-18(25)22-15-3-2-4-16(12-15)23-10-9-20-19(23)26/h2-8,12-13,24H,9-11H2,1H3,(H,20,26)(H2,21,22,25). The van der Waals surface area contributed by atoms with Crippen molar-refractivity contribution in [2.75, 3.05) is 23.3 Å². The van der Waals surface area contributed by atoms with Gasteiger partial charge in [-0.05, 0) is 49.2 Å². The predicted octanol–water partition coefficient (Wildman–Crippen LogP) is 2.67. The zero-order valence-corrected chi connectivity index (χ0v) is 14.5. The van der Waals surface area contributed by atoms with E-state index in [0.717, 1.165) is 11.3 Å². The van der Waals surface area contributed by atoms with E-state index < -0.39 is 0 Å². The SMILES string of the molecule is CC(Cc1ccc(O)cc1)NC(=O)Nc1cccc(N2CCNC2=O)c1. The molecule has 2 aromatic carbocycles. The van der Waals surface area contributed by atoms with Gasteiger partial charge in [0.25, 0.3) is 0 Å². The molecule has 2 aromatic rings. The smallest absolute Gasteiger partial charge is 0.321 e. The first-order valence-corrected chi connectivity index (χ1v) is 8.52. The Morgan fingerprint density at radius 2 is 2.04 bits per heavy atom. The molecule has 1 aliphatic heterocycles. The van der Waals surface area contributed by atoms with Crippen LogP contribution in [0.15, 0.2) is 48.5 Å². The minimum Gasteiger partial charge on any atom is -0.508 e.